The topological polar surface area (TPSA) is 111 Å². The van der Waals surface area contributed by atoms with Gasteiger partial charge in [0.05, 0.1) is 27.7 Å². The lowest BCUT2D eigenvalue weighted by molar-refractivity contribution is -0.870. The van der Waals surface area contributed by atoms with Crippen molar-refractivity contribution in [2.24, 2.45) is 0 Å². The van der Waals surface area contributed by atoms with Crippen LogP contribution >= 0.6 is 7.82 Å². The molecule has 46 heavy (non-hydrogen) atoms. The molecule has 0 aromatic rings. The number of quaternary nitrogens is 1. The van der Waals surface area contributed by atoms with Gasteiger partial charge < -0.3 is 27.9 Å². The fraction of sp³-hybridized carbons (Fsp3) is 0.889. The predicted molar refractivity (Wildman–Crippen MR) is 185 cm³/mol. The maximum Gasteiger partial charge on any atom is 0.306 e. The maximum absolute atomic E-state index is 12.5. The van der Waals surface area contributed by atoms with Crippen LogP contribution < -0.4 is 4.89 Å². The molecular formula is C36H70NO8P. The smallest absolute Gasteiger partial charge is 0.306 e. The number of allylic oxidation sites excluding steroid dienone is 2. The second kappa shape index (κ2) is 29.9. The van der Waals surface area contributed by atoms with Gasteiger partial charge in [-0.25, -0.2) is 0 Å². The molecule has 0 aliphatic rings. The second-order valence-electron chi connectivity index (χ2n) is 13.6. The summed E-state index contributed by atoms with van der Waals surface area (Å²) in [7, 11) is 1.16. The van der Waals surface area contributed by atoms with Crippen LogP contribution in [0.25, 0.3) is 0 Å². The highest BCUT2D eigenvalue weighted by atomic mass is 31.2. The molecule has 0 saturated heterocycles. The molecule has 0 bridgehead atoms. The van der Waals surface area contributed by atoms with E-state index < -0.39 is 26.5 Å². The van der Waals surface area contributed by atoms with E-state index in [-0.39, 0.29) is 32.0 Å². The van der Waals surface area contributed by atoms with Gasteiger partial charge >= 0.3 is 11.9 Å². The summed E-state index contributed by atoms with van der Waals surface area (Å²) in [5.41, 5.74) is 0. The summed E-state index contributed by atoms with van der Waals surface area (Å²) >= 11 is 0. The Balaban J connectivity index is 4.36. The van der Waals surface area contributed by atoms with Crippen molar-refractivity contribution in [1.29, 1.82) is 0 Å². The quantitative estimate of drug-likeness (QED) is 0.0223. The van der Waals surface area contributed by atoms with Gasteiger partial charge in [0.1, 0.15) is 19.8 Å². The Kier molecular flexibility index (Phi) is 29.0. The van der Waals surface area contributed by atoms with Crippen LogP contribution in [0.4, 0.5) is 0 Å². The summed E-state index contributed by atoms with van der Waals surface area (Å²) in [4.78, 5) is 37.1. The lowest BCUT2D eigenvalue weighted by Crippen LogP contribution is -2.37. The average molecular weight is 676 g/mol. The van der Waals surface area contributed by atoms with E-state index in [1.165, 1.54) is 70.6 Å². The first kappa shape index (κ1) is 44.8. The number of esters is 2. The van der Waals surface area contributed by atoms with Crippen LogP contribution in [0.2, 0.25) is 0 Å². The van der Waals surface area contributed by atoms with Crippen molar-refractivity contribution in [2.45, 2.75) is 161 Å². The molecule has 10 heteroatoms. The lowest BCUT2D eigenvalue weighted by atomic mass is 10.1. The number of hydrogen-bond donors (Lipinski definition) is 0. The zero-order valence-electron chi connectivity index (χ0n) is 30.3. The molecular weight excluding hydrogens is 605 g/mol. The Morgan fingerprint density at radius 2 is 1.11 bits per heavy atom. The molecule has 0 N–H and O–H groups in total. The number of carbonyl (C=O) groups excluding carboxylic acids is 2. The van der Waals surface area contributed by atoms with Gasteiger partial charge in [0, 0.05) is 12.8 Å². The molecule has 0 aliphatic carbocycles. The van der Waals surface area contributed by atoms with E-state index in [9.17, 15) is 19.0 Å². The van der Waals surface area contributed by atoms with E-state index in [0.717, 1.165) is 51.4 Å². The van der Waals surface area contributed by atoms with Gasteiger partial charge in [0.15, 0.2) is 6.10 Å². The molecule has 2 atom stereocenters. The van der Waals surface area contributed by atoms with Crippen LogP contribution in [0, 0.1) is 0 Å². The van der Waals surface area contributed by atoms with Crippen molar-refractivity contribution in [3.63, 3.8) is 0 Å². The zero-order valence-corrected chi connectivity index (χ0v) is 31.2. The van der Waals surface area contributed by atoms with Crippen molar-refractivity contribution in [2.75, 3.05) is 47.5 Å². The minimum atomic E-state index is -4.60. The Morgan fingerprint density at radius 3 is 1.63 bits per heavy atom. The number of likely N-dealkylation sites (N-methyl/N-ethyl adjacent to an activating group) is 1. The first-order valence-corrected chi connectivity index (χ1v) is 19.9. The summed E-state index contributed by atoms with van der Waals surface area (Å²) in [6, 6.07) is 0. The first-order chi connectivity index (χ1) is 22.0. The molecule has 0 fully saturated rings. The second-order valence-corrected chi connectivity index (χ2v) is 15.0. The summed E-state index contributed by atoms with van der Waals surface area (Å²) in [6.45, 7) is 4.14. The molecule has 0 rings (SSSR count). The molecule has 0 aliphatic heterocycles. The third kappa shape index (κ3) is 32.7. The lowest BCUT2D eigenvalue weighted by Gasteiger charge is -2.28. The van der Waals surface area contributed by atoms with Crippen molar-refractivity contribution in [3.8, 4) is 0 Å². The molecule has 0 saturated carbocycles. The van der Waals surface area contributed by atoms with Crippen molar-refractivity contribution in [3.05, 3.63) is 12.2 Å². The third-order valence-corrected chi connectivity index (χ3v) is 8.75. The number of unbranched alkanes of at least 4 members (excludes halogenated alkanes) is 17. The molecule has 0 aromatic heterocycles. The number of ether oxygens (including phenoxy) is 2. The van der Waals surface area contributed by atoms with Crippen molar-refractivity contribution >= 4 is 19.8 Å². The minimum Gasteiger partial charge on any atom is -0.756 e. The Labute approximate surface area is 282 Å². The molecule has 0 radical (unpaired) electrons. The maximum atomic E-state index is 12.5. The molecule has 0 heterocycles. The van der Waals surface area contributed by atoms with Gasteiger partial charge in [0.25, 0.3) is 7.82 Å². The van der Waals surface area contributed by atoms with Crippen LogP contribution in [0.3, 0.4) is 0 Å². The highest BCUT2D eigenvalue weighted by Crippen LogP contribution is 2.38. The van der Waals surface area contributed by atoms with Crippen LogP contribution in [0.15, 0.2) is 12.2 Å². The van der Waals surface area contributed by atoms with Gasteiger partial charge in [-0.1, -0.05) is 116 Å². The molecule has 0 spiro atoms. The summed E-state index contributed by atoms with van der Waals surface area (Å²) in [5, 5.41) is 0. The molecule has 1 unspecified atom stereocenters. The van der Waals surface area contributed by atoms with Crippen molar-refractivity contribution in [1.82, 2.24) is 0 Å². The van der Waals surface area contributed by atoms with Gasteiger partial charge in [-0.3, -0.25) is 14.2 Å². The van der Waals surface area contributed by atoms with Crippen LogP contribution in [-0.2, 0) is 32.7 Å². The highest BCUT2D eigenvalue weighted by Gasteiger charge is 2.21. The van der Waals surface area contributed by atoms with E-state index in [2.05, 4.69) is 26.0 Å². The van der Waals surface area contributed by atoms with Crippen molar-refractivity contribution < 1.29 is 42.1 Å². The number of phosphoric acid groups is 1. The largest absolute Gasteiger partial charge is 0.756 e. The number of hydrogen-bond acceptors (Lipinski definition) is 8. The summed E-state index contributed by atoms with van der Waals surface area (Å²) < 4.78 is 33.6. The molecule has 272 valence electrons. The van der Waals surface area contributed by atoms with Crippen LogP contribution in [-0.4, -0.2) is 70.0 Å². The fourth-order valence-corrected chi connectivity index (χ4v) is 5.55. The Morgan fingerprint density at radius 1 is 0.652 bits per heavy atom. The van der Waals surface area contributed by atoms with E-state index in [1.54, 1.807) is 0 Å². The number of carbonyl (C=O) groups is 2. The minimum absolute atomic E-state index is 0.0292. The highest BCUT2D eigenvalue weighted by molar-refractivity contribution is 7.45. The van der Waals surface area contributed by atoms with Crippen LogP contribution in [0.1, 0.15) is 155 Å². The molecule has 0 aromatic carbocycles. The summed E-state index contributed by atoms with van der Waals surface area (Å²) in [6.07, 6.45) is 26.8. The van der Waals surface area contributed by atoms with Gasteiger partial charge in [-0.2, -0.15) is 0 Å². The first-order valence-electron chi connectivity index (χ1n) is 18.4. The van der Waals surface area contributed by atoms with E-state index in [1.807, 2.05) is 21.1 Å². The number of nitrogens with zero attached hydrogens (tertiary/aromatic N) is 1. The van der Waals surface area contributed by atoms with Gasteiger partial charge in [-0.15, -0.1) is 0 Å². The number of phosphoric ester groups is 1. The van der Waals surface area contributed by atoms with E-state index in [4.69, 9.17) is 18.5 Å². The normalized spacial score (nSPS) is 14.0. The standard InChI is InChI=1S/C36H70NO8P/c1-6-8-10-12-14-15-16-17-18-19-20-21-23-24-26-28-35(38)42-32-34(33-44-46(40,41)43-31-30-37(3,4)5)45-36(39)29-27-25-22-13-11-9-7-2/h15-16,34H,6-14,17-33H2,1-5H3/b16-15+/t34-/m0/s1. The monoisotopic (exact) mass is 675 g/mol. The molecule has 9 nitrogen and oxygen atoms in total. The zero-order chi connectivity index (χ0) is 34.4. The fourth-order valence-electron chi connectivity index (χ4n) is 4.82. The summed E-state index contributed by atoms with van der Waals surface area (Å²) in [5.74, 6) is -0.845. The third-order valence-electron chi connectivity index (χ3n) is 7.79. The molecule has 0 amide bonds. The Bertz CT molecular complexity index is 814. The SMILES string of the molecule is CCCCCC/C=C/CCCCCCCCCC(=O)OC[C@@H](COP(=O)([O-])OCC[N+](C)(C)C)OC(=O)CCCCCCCCC. The van der Waals surface area contributed by atoms with Gasteiger partial charge in [-0.05, 0) is 38.5 Å². The van der Waals surface area contributed by atoms with Crippen LogP contribution in [0.5, 0.6) is 0 Å². The number of rotatable bonds is 33. The van der Waals surface area contributed by atoms with E-state index >= 15 is 0 Å². The average Bonchev–Trinajstić information content (AvgIpc) is 2.99. The van der Waals surface area contributed by atoms with Gasteiger partial charge in [0.2, 0.25) is 0 Å². The van der Waals surface area contributed by atoms with E-state index in [0.29, 0.717) is 17.4 Å². The Hall–Kier alpha value is -1.25. The predicted octanol–water partition coefficient (Wildman–Crippen LogP) is 8.83.